The third-order valence-corrected chi connectivity index (χ3v) is 3.21. The van der Waals surface area contributed by atoms with Crippen molar-refractivity contribution in [3.63, 3.8) is 0 Å². The molecule has 18 heavy (non-hydrogen) atoms. The van der Waals surface area contributed by atoms with Crippen molar-refractivity contribution >= 4 is 5.91 Å². The van der Waals surface area contributed by atoms with Gasteiger partial charge in [0.15, 0.2) is 11.5 Å². The van der Waals surface area contributed by atoms with Gasteiger partial charge in [-0.15, -0.1) is 0 Å². The molecule has 0 bridgehead atoms. The number of ether oxygens (including phenoxy) is 3. The first-order valence-electron chi connectivity index (χ1n) is 5.71. The molecule has 0 atom stereocenters. The molecule has 1 aromatic rings. The lowest BCUT2D eigenvalue weighted by atomic mass is 9.97. The summed E-state index contributed by atoms with van der Waals surface area (Å²) in [7, 11) is 6.46. The highest BCUT2D eigenvalue weighted by Gasteiger charge is 2.29. The van der Waals surface area contributed by atoms with E-state index in [1.807, 2.05) is 0 Å². The number of hydrogen-bond donors (Lipinski definition) is 0. The summed E-state index contributed by atoms with van der Waals surface area (Å²) in [5.41, 5.74) is 1.51. The molecule has 2 rings (SSSR count). The summed E-state index contributed by atoms with van der Waals surface area (Å²) >= 11 is 0. The van der Waals surface area contributed by atoms with Crippen molar-refractivity contribution < 1.29 is 19.0 Å². The largest absolute Gasteiger partial charge is 0.493 e. The average Bonchev–Trinajstić information content (AvgIpc) is 2.40. The van der Waals surface area contributed by atoms with Crippen molar-refractivity contribution in [1.29, 1.82) is 0 Å². The molecule has 0 radical (unpaired) electrons. The molecule has 1 aromatic carbocycles. The summed E-state index contributed by atoms with van der Waals surface area (Å²) in [4.78, 5) is 13.8. The number of amides is 1. The van der Waals surface area contributed by atoms with Crippen LogP contribution in [0.4, 0.5) is 0 Å². The zero-order valence-corrected chi connectivity index (χ0v) is 11.1. The van der Waals surface area contributed by atoms with Crippen LogP contribution in [0.25, 0.3) is 0 Å². The zero-order valence-electron chi connectivity index (χ0n) is 11.1. The van der Waals surface area contributed by atoms with Crippen LogP contribution in [0.2, 0.25) is 0 Å². The van der Waals surface area contributed by atoms with Crippen molar-refractivity contribution in [1.82, 2.24) is 4.90 Å². The number of likely N-dealkylation sites (N-methyl/N-ethyl adjacent to an activating group) is 1. The lowest BCUT2D eigenvalue weighted by Gasteiger charge is -2.27. The van der Waals surface area contributed by atoms with E-state index < -0.39 is 0 Å². The van der Waals surface area contributed by atoms with Crippen LogP contribution in [0.1, 0.15) is 15.9 Å². The molecule has 98 valence electrons. The van der Waals surface area contributed by atoms with Gasteiger partial charge in [-0.2, -0.15) is 0 Å². The topological polar surface area (TPSA) is 48.0 Å². The third kappa shape index (κ3) is 1.75. The quantitative estimate of drug-likeness (QED) is 0.813. The molecular weight excluding hydrogens is 234 g/mol. The fourth-order valence-electron chi connectivity index (χ4n) is 2.24. The summed E-state index contributed by atoms with van der Waals surface area (Å²) in [6, 6.07) is 1.72. The first-order chi connectivity index (χ1) is 8.63. The number of rotatable bonds is 3. The van der Waals surface area contributed by atoms with Gasteiger partial charge >= 0.3 is 0 Å². The van der Waals surface area contributed by atoms with Crippen molar-refractivity contribution in [2.24, 2.45) is 0 Å². The monoisotopic (exact) mass is 251 g/mol. The zero-order chi connectivity index (χ0) is 13.3. The first kappa shape index (κ1) is 12.5. The van der Waals surface area contributed by atoms with Crippen LogP contribution in [-0.2, 0) is 6.42 Å². The van der Waals surface area contributed by atoms with Gasteiger partial charge in [-0.25, -0.2) is 0 Å². The van der Waals surface area contributed by atoms with E-state index in [1.165, 1.54) is 0 Å². The number of carbonyl (C=O) groups excluding carboxylic acids is 1. The number of fused-ring (bicyclic) bond motifs is 1. The summed E-state index contributed by atoms with van der Waals surface area (Å²) in [6.45, 7) is 0.678. The van der Waals surface area contributed by atoms with E-state index in [1.54, 1.807) is 39.3 Å². The minimum absolute atomic E-state index is 0.0181. The van der Waals surface area contributed by atoms with Gasteiger partial charge in [0, 0.05) is 19.2 Å². The van der Waals surface area contributed by atoms with Gasteiger partial charge in [-0.3, -0.25) is 4.79 Å². The molecule has 0 unspecified atom stereocenters. The van der Waals surface area contributed by atoms with Gasteiger partial charge in [-0.05, 0) is 12.5 Å². The lowest BCUT2D eigenvalue weighted by Crippen LogP contribution is -2.34. The smallest absolute Gasteiger partial charge is 0.254 e. The second kappa shape index (κ2) is 4.76. The Morgan fingerprint density at radius 2 is 1.78 bits per heavy atom. The Balaban J connectivity index is 2.67. The van der Waals surface area contributed by atoms with E-state index >= 15 is 0 Å². The Kier molecular flexibility index (Phi) is 3.32. The fourth-order valence-corrected chi connectivity index (χ4v) is 2.24. The van der Waals surface area contributed by atoms with Crippen LogP contribution >= 0.6 is 0 Å². The van der Waals surface area contributed by atoms with E-state index in [4.69, 9.17) is 14.2 Å². The summed E-state index contributed by atoms with van der Waals surface area (Å²) in [6.07, 6.45) is 0.751. The number of benzene rings is 1. The Morgan fingerprint density at radius 1 is 1.11 bits per heavy atom. The maximum Gasteiger partial charge on any atom is 0.254 e. The molecule has 1 amide bonds. The van der Waals surface area contributed by atoms with Gasteiger partial charge in [0.25, 0.3) is 5.91 Å². The SMILES string of the molecule is COc1cc2c(c(OC)c1OC)CCN(C)C2=O. The summed E-state index contributed by atoms with van der Waals surface area (Å²) in [5.74, 6) is 1.62. The number of nitrogens with zero attached hydrogens (tertiary/aromatic N) is 1. The van der Waals surface area contributed by atoms with E-state index in [9.17, 15) is 4.79 Å². The van der Waals surface area contributed by atoms with Crippen LogP contribution in [0.3, 0.4) is 0 Å². The maximum absolute atomic E-state index is 12.1. The first-order valence-corrected chi connectivity index (χ1v) is 5.71. The molecule has 1 aliphatic rings. The van der Waals surface area contributed by atoms with Crippen LogP contribution in [0.5, 0.6) is 17.2 Å². The van der Waals surface area contributed by atoms with Crippen molar-refractivity contribution in [2.75, 3.05) is 34.9 Å². The molecule has 1 aliphatic heterocycles. The van der Waals surface area contributed by atoms with Crippen LogP contribution in [0, 0.1) is 0 Å². The highest BCUT2D eigenvalue weighted by molar-refractivity contribution is 5.98. The molecule has 0 aliphatic carbocycles. The predicted molar refractivity (Wildman–Crippen MR) is 66.8 cm³/mol. The van der Waals surface area contributed by atoms with Crippen LogP contribution in [-0.4, -0.2) is 45.7 Å². The molecular formula is C13H17NO4. The minimum atomic E-state index is -0.0181. The number of carbonyl (C=O) groups is 1. The second-order valence-corrected chi connectivity index (χ2v) is 4.15. The van der Waals surface area contributed by atoms with E-state index in [0.717, 1.165) is 12.0 Å². The Labute approximate surface area is 106 Å². The summed E-state index contributed by atoms with van der Waals surface area (Å²) < 4.78 is 15.9. The molecule has 1 heterocycles. The van der Waals surface area contributed by atoms with Gasteiger partial charge < -0.3 is 19.1 Å². The summed E-state index contributed by atoms with van der Waals surface area (Å²) in [5, 5.41) is 0. The normalized spacial score (nSPS) is 14.2. The number of hydrogen-bond acceptors (Lipinski definition) is 4. The Morgan fingerprint density at radius 3 is 2.33 bits per heavy atom. The van der Waals surface area contributed by atoms with Crippen molar-refractivity contribution in [3.05, 3.63) is 17.2 Å². The molecule has 5 nitrogen and oxygen atoms in total. The van der Waals surface area contributed by atoms with Gasteiger partial charge in [0.1, 0.15) is 0 Å². The standard InChI is InChI=1S/C13H17NO4/c1-14-6-5-8-9(13(14)15)7-10(16-2)12(18-4)11(8)17-3/h7H,5-6H2,1-4H3. The Hall–Kier alpha value is -1.91. The van der Waals surface area contributed by atoms with E-state index in [-0.39, 0.29) is 5.91 Å². The molecule has 0 N–H and O–H groups in total. The van der Waals surface area contributed by atoms with Crippen molar-refractivity contribution in [2.45, 2.75) is 6.42 Å². The van der Waals surface area contributed by atoms with E-state index in [2.05, 4.69) is 0 Å². The lowest BCUT2D eigenvalue weighted by molar-refractivity contribution is 0.0779. The highest BCUT2D eigenvalue weighted by Crippen LogP contribution is 2.43. The third-order valence-electron chi connectivity index (χ3n) is 3.21. The van der Waals surface area contributed by atoms with Gasteiger partial charge in [0.05, 0.1) is 26.9 Å². The van der Waals surface area contributed by atoms with Crippen LogP contribution < -0.4 is 14.2 Å². The molecule has 0 saturated carbocycles. The van der Waals surface area contributed by atoms with Gasteiger partial charge in [-0.1, -0.05) is 0 Å². The molecule has 0 saturated heterocycles. The Bertz CT molecular complexity index is 484. The second-order valence-electron chi connectivity index (χ2n) is 4.15. The maximum atomic E-state index is 12.1. The van der Waals surface area contributed by atoms with Crippen molar-refractivity contribution in [3.8, 4) is 17.2 Å². The molecule has 0 spiro atoms. The minimum Gasteiger partial charge on any atom is -0.493 e. The number of methoxy groups -OCH3 is 3. The fraction of sp³-hybridized carbons (Fsp3) is 0.462. The highest BCUT2D eigenvalue weighted by atomic mass is 16.5. The predicted octanol–water partition coefficient (Wildman–Crippen LogP) is 1.34. The van der Waals surface area contributed by atoms with E-state index in [0.29, 0.717) is 29.4 Å². The molecule has 5 heteroatoms. The molecule has 0 fully saturated rings. The average molecular weight is 251 g/mol. The van der Waals surface area contributed by atoms with Gasteiger partial charge in [0.2, 0.25) is 5.75 Å². The van der Waals surface area contributed by atoms with Crippen LogP contribution in [0.15, 0.2) is 6.07 Å². The molecule has 0 aromatic heterocycles.